The first-order valence-electron chi connectivity index (χ1n) is 4.16. The molecule has 0 radical (unpaired) electrons. The van der Waals surface area contributed by atoms with E-state index in [2.05, 4.69) is 32.2 Å². The Balaban J connectivity index is 0.000000561. The highest BCUT2D eigenvalue weighted by atomic mass is 32.1. The molecule has 0 nitrogen and oxygen atoms in total. The van der Waals surface area contributed by atoms with Crippen LogP contribution in [0.5, 0.6) is 0 Å². The van der Waals surface area contributed by atoms with Crippen LogP contribution < -0.4 is 0 Å². The van der Waals surface area contributed by atoms with E-state index in [1.54, 1.807) is 0 Å². The summed E-state index contributed by atoms with van der Waals surface area (Å²) in [4.78, 5) is 0.995. The van der Waals surface area contributed by atoms with E-state index < -0.39 is 0 Å². The van der Waals surface area contributed by atoms with Gasteiger partial charge in [0, 0.05) is 4.90 Å². The van der Waals surface area contributed by atoms with E-state index >= 15 is 0 Å². The summed E-state index contributed by atoms with van der Waals surface area (Å²) in [5, 5.41) is 0. The molecular formula is C11H16S. The molecule has 0 atom stereocenters. The molecule has 0 bridgehead atoms. The van der Waals surface area contributed by atoms with Gasteiger partial charge in [0.15, 0.2) is 0 Å². The van der Waals surface area contributed by atoms with E-state index in [0.29, 0.717) is 0 Å². The third-order valence-electron chi connectivity index (χ3n) is 1.51. The first kappa shape index (κ1) is 11.3. The summed E-state index contributed by atoms with van der Waals surface area (Å²) in [6.07, 6.45) is 1.83. The van der Waals surface area contributed by atoms with Crippen molar-refractivity contribution in [3.63, 3.8) is 0 Å². The summed E-state index contributed by atoms with van der Waals surface area (Å²) in [6.45, 7) is 9.76. The van der Waals surface area contributed by atoms with E-state index in [4.69, 9.17) is 0 Å². The van der Waals surface area contributed by atoms with E-state index in [1.807, 2.05) is 32.1 Å². The molecule has 0 aliphatic heterocycles. The maximum atomic E-state index is 4.28. The highest BCUT2D eigenvalue weighted by Gasteiger charge is 1.95. The van der Waals surface area contributed by atoms with Crippen LogP contribution in [0, 0.1) is 6.92 Å². The van der Waals surface area contributed by atoms with Gasteiger partial charge in [-0.15, -0.1) is 12.6 Å². The van der Waals surface area contributed by atoms with Crippen LogP contribution in [-0.4, -0.2) is 0 Å². The predicted molar refractivity (Wildman–Crippen MR) is 59.9 cm³/mol. The van der Waals surface area contributed by atoms with Crippen LogP contribution in [0.2, 0.25) is 0 Å². The summed E-state index contributed by atoms with van der Waals surface area (Å²) in [5.41, 5.74) is 2.35. The van der Waals surface area contributed by atoms with Gasteiger partial charge in [-0.05, 0) is 24.1 Å². The summed E-state index contributed by atoms with van der Waals surface area (Å²) >= 11 is 4.28. The van der Waals surface area contributed by atoms with Crippen molar-refractivity contribution in [2.24, 2.45) is 0 Å². The average Bonchev–Trinajstić information content (AvgIpc) is 2.08. The van der Waals surface area contributed by atoms with Crippen LogP contribution in [0.4, 0.5) is 0 Å². The molecule has 0 aliphatic rings. The largest absolute Gasteiger partial charge is 0.143 e. The monoisotopic (exact) mass is 180 g/mol. The lowest BCUT2D eigenvalue weighted by atomic mass is 10.1. The van der Waals surface area contributed by atoms with Crippen LogP contribution in [0.15, 0.2) is 29.7 Å². The molecule has 12 heavy (non-hydrogen) atoms. The molecule has 0 amide bonds. The lowest BCUT2D eigenvalue weighted by Gasteiger charge is -2.01. The van der Waals surface area contributed by atoms with Crippen molar-refractivity contribution >= 4 is 18.7 Å². The van der Waals surface area contributed by atoms with E-state index in [1.165, 1.54) is 5.56 Å². The lowest BCUT2D eigenvalue weighted by molar-refractivity contribution is 1.34. The van der Waals surface area contributed by atoms with Crippen molar-refractivity contribution in [1.29, 1.82) is 0 Å². The molecule has 0 unspecified atom stereocenters. The number of hydrogen-bond acceptors (Lipinski definition) is 1. The number of hydrogen-bond donors (Lipinski definition) is 1. The third-order valence-corrected chi connectivity index (χ3v) is 1.90. The van der Waals surface area contributed by atoms with E-state index in [0.717, 1.165) is 10.5 Å². The third kappa shape index (κ3) is 2.74. The zero-order valence-electron chi connectivity index (χ0n) is 7.96. The molecule has 0 spiro atoms. The predicted octanol–water partition coefficient (Wildman–Crippen LogP) is 3.95. The number of aryl methyl sites for hydroxylation is 1. The van der Waals surface area contributed by atoms with Gasteiger partial charge in [0.25, 0.3) is 0 Å². The van der Waals surface area contributed by atoms with Crippen LogP contribution >= 0.6 is 12.6 Å². The van der Waals surface area contributed by atoms with Crippen molar-refractivity contribution in [3.05, 3.63) is 35.9 Å². The minimum Gasteiger partial charge on any atom is -0.143 e. The van der Waals surface area contributed by atoms with Gasteiger partial charge in [0.05, 0.1) is 0 Å². The highest BCUT2D eigenvalue weighted by Crippen LogP contribution is 2.18. The quantitative estimate of drug-likeness (QED) is 0.621. The van der Waals surface area contributed by atoms with Crippen molar-refractivity contribution in [3.8, 4) is 0 Å². The van der Waals surface area contributed by atoms with Crippen LogP contribution in [0.25, 0.3) is 6.08 Å². The molecule has 0 N–H and O–H groups in total. The second-order valence-electron chi connectivity index (χ2n) is 2.21. The average molecular weight is 180 g/mol. The normalized spacial score (nSPS) is 8.33. The summed E-state index contributed by atoms with van der Waals surface area (Å²) in [7, 11) is 0. The van der Waals surface area contributed by atoms with Crippen LogP contribution in [-0.2, 0) is 0 Å². The smallest absolute Gasteiger partial charge is 0.0115 e. The Kier molecular flexibility index (Phi) is 5.56. The van der Waals surface area contributed by atoms with Crippen molar-refractivity contribution < 1.29 is 0 Å². The second kappa shape index (κ2) is 5.90. The molecule has 1 aromatic carbocycles. The summed E-state index contributed by atoms with van der Waals surface area (Å²) < 4.78 is 0. The van der Waals surface area contributed by atoms with Gasteiger partial charge in [-0.2, -0.15) is 0 Å². The van der Waals surface area contributed by atoms with E-state index in [-0.39, 0.29) is 0 Å². The maximum absolute atomic E-state index is 4.28. The van der Waals surface area contributed by atoms with Crippen molar-refractivity contribution in [1.82, 2.24) is 0 Å². The van der Waals surface area contributed by atoms with Gasteiger partial charge in [-0.25, -0.2) is 0 Å². The molecule has 0 saturated carbocycles. The van der Waals surface area contributed by atoms with Crippen molar-refractivity contribution in [2.75, 3.05) is 0 Å². The fraction of sp³-hybridized carbons (Fsp3) is 0.273. The molecule has 0 aliphatic carbocycles. The minimum atomic E-state index is 0.995. The Hall–Kier alpha value is -0.690. The number of rotatable bonds is 1. The fourth-order valence-corrected chi connectivity index (χ4v) is 1.28. The Morgan fingerprint density at radius 2 is 1.92 bits per heavy atom. The number of benzene rings is 1. The van der Waals surface area contributed by atoms with E-state index in [9.17, 15) is 0 Å². The van der Waals surface area contributed by atoms with Gasteiger partial charge in [0.2, 0.25) is 0 Å². The Bertz CT molecular complexity index is 231. The topological polar surface area (TPSA) is 0 Å². The second-order valence-corrected chi connectivity index (χ2v) is 2.69. The van der Waals surface area contributed by atoms with Gasteiger partial charge < -0.3 is 0 Å². The highest BCUT2D eigenvalue weighted by molar-refractivity contribution is 7.80. The fourth-order valence-electron chi connectivity index (χ4n) is 0.931. The molecule has 66 valence electrons. The Morgan fingerprint density at radius 3 is 2.25 bits per heavy atom. The Labute approximate surface area is 80.7 Å². The molecule has 0 saturated heterocycles. The van der Waals surface area contributed by atoms with Crippen LogP contribution in [0.1, 0.15) is 25.0 Å². The molecule has 0 aromatic heterocycles. The molecular weight excluding hydrogens is 164 g/mol. The standard InChI is InChI=1S/C9H10S.C2H6/c1-3-8-7(2)5-4-6-9(8)10;1-2/h3-6,10H,1H2,2H3;1-2H3. The molecule has 0 fully saturated rings. The summed E-state index contributed by atoms with van der Waals surface area (Å²) in [5.74, 6) is 0. The SMILES string of the molecule is C=Cc1c(C)cccc1S.CC. The number of thiol groups is 1. The Morgan fingerprint density at radius 1 is 1.33 bits per heavy atom. The zero-order valence-corrected chi connectivity index (χ0v) is 8.86. The lowest BCUT2D eigenvalue weighted by Crippen LogP contribution is -1.80. The molecule has 1 aromatic rings. The van der Waals surface area contributed by atoms with Gasteiger partial charge in [-0.3, -0.25) is 0 Å². The molecule has 1 rings (SSSR count). The van der Waals surface area contributed by atoms with Crippen molar-refractivity contribution in [2.45, 2.75) is 25.7 Å². The van der Waals surface area contributed by atoms with Gasteiger partial charge >= 0.3 is 0 Å². The first-order valence-corrected chi connectivity index (χ1v) is 4.61. The van der Waals surface area contributed by atoms with Gasteiger partial charge in [-0.1, -0.05) is 38.6 Å². The maximum Gasteiger partial charge on any atom is 0.0115 e. The minimum absolute atomic E-state index is 0.995. The first-order chi connectivity index (χ1) is 5.75. The summed E-state index contributed by atoms with van der Waals surface area (Å²) in [6, 6.07) is 6.01. The van der Waals surface area contributed by atoms with Crippen LogP contribution in [0.3, 0.4) is 0 Å². The zero-order chi connectivity index (χ0) is 9.56. The molecule has 1 heteroatoms. The molecule has 0 heterocycles. The van der Waals surface area contributed by atoms with Gasteiger partial charge in [0.1, 0.15) is 0 Å².